The number of alkyl halides is 3. The molecule has 1 heterocycles. The molecule has 0 amide bonds. The lowest BCUT2D eigenvalue weighted by molar-refractivity contribution is -0.137. The predicted octanol–water partition coefficient (Wildman–Crippen LogP) is 3.99. The van der Waals surface area contributed by atoms with Crippen LogP contribution in [0.15, 0.2) is 65.6 Å². The Bertz CT molecular complexity index is 949. The number of nitrogens with zero attached hydrogens (tertiary/aromatic N) is 2. The number of methoxy groups -OCH3 is 1. The smallest absolute Gasteiger partial charge is 0.416 e. The van der Waals surface area contributed by atoms with E-state index in [-0.39, 0.29) is 17.9 Å². The zero-order valence-electron chi connectivity index (χ0n) is 13.8. The molecule has 0 aliphatic heterocycles. The van der Waals surface area contributed by atoms with Crippen LogP contribution in [-0.2, 0) is 12.7 Å². The van der Waals surface area contributed by atoms with E-state index in [1.54, 1.807) is 0 Å². The summed E-state index contributed by atoms with van der Waals surface area (Å²) in [5.41, 5.74) is 0.175. The highest BCUT2D eigenvalue weighted by Gasteiger charge is 2.30. The van der Waals surface area contributed by atoms with E-state index in [2.05, 4.69) is 5.10 Å². The molecule has 3 aromatic rings. The summed E-state index contributed by atoms with van der Waals surface area (Å²) in [5.74, 6) is 0.207. The highest BCUT2D eigenvalue weighted by molar-refractivity contribution is 5.69. The van der Waals surface area contributed by atoms with Gasteiger partial charge in [0.05, 0.1) is 31.0 Å². The fourth-order valence-corrected chi connectivity index (χ4v) is 2.59. The van der Waals surface area contributed by atoms with Gasteiger partial charge < -0.3 is 4.74 Å². The molecule has 1 aromatic heterocycles. The van der Waals surface area contributed by atoms with Crippen molar-refractivity contribution in [1.82, 2.24) is 9.78 Å². The topological polar surface area (TPSA) is 44.1 Å². The zero-order chi connectivity index (χ0) is 18.7. The van der Waals surface area contributed by atoms with Crippen molar-refractivity contribution in [2.45, 2.75) is 12.7 Å². The molecular formula is C19H15F3N2O2. The van der Waals surface area contributed by atoms with Crippen molar-refractivity contribution in [1.29, 1.82) is 0 Å². The molecule has 0 saturated heterocycles. The highest BCUT2D eigenvalue weighted by Crippen LogP contribution is 2.32. The van der Waals surface area contributed by atoms with E-state index in [1.165, 1.54) is 30.1 Å². The maximum Gasteiger partial charge on any atom is 0.416 e. The molecule has 134 valence electrons. The van der Waals surface area contributed by atoms with Crippen molar-refractivity contribution in [2.24, 2.45) is 0 Å². The van der Waals surface area contributed by atoms with Crippen molar-refractivity contribution >= 4 is 0 Å². The molecule has 0 atom stereocenters. The summed E-state index contributed by atoms with van der Waals surface area (Å²) in [6.45, 7) is 0.247. The van der Waals surface area contributed by atoms with Gasteiger partial charge in [0.1, 0.15) is 0 Å². The normalized spacial score (nSPS) is 11.4. The first-order chi connectivity index (χ1) is 12.4. The quantitative estimate of drug-likeness (QED) is 0.707. The average Bonchev–Trinajstić information content (AvgIpc) is 2.63. The van der Waals surface area contributed by atoms with Crippen LogP contribution in [0.3, 0.4) is 0 Å². The van der Waals surface area contributed by atoms with E-state index in [1.807, 2.05) is 30.3 Å². The lowest BCUT2D eigenvalue weighted by atomic mass is 10.0. The lowest BCUT2D eigenvalue weighted by Gasteiger charge is -2.12. The number of aromatic nitrogens is 2. The molecule has 0 spiro atoms. The van der Waals surface area contributed by atoms with Crippen molar-refractivity contribution in [3.8, 4) is 16.9 Å². The zero-order valence-corrected chi connectivity index (χ0v) is 13.8. The highest BCUT2D eigenvalue weighted by atomic mass is 19.4. The summed E-state index contributed by atoms with van der Waals surface area (Å²) >= 11 is 0. The summed E-state index contributed by atoms with van der Waals surface area (Å²) in [7, 11) is 1.38. The third-order valence-corrected chi connectivity index (χ3v) is 3.91. The van der Waals surface area contributed by atoms with Gasteiger partial charge in [-0.3, -0.25) is 4.79 Å². The summed E-state index contributed by atoms with van der Waals surface area (Å²) in [6, 6.07) is 13.7. The van der Waals surface area contributed by atoms with E-state index in [0.717, 1.165) is 17.7 Å². The van der Waals surface area contributed by atoms with Crippen LogP contribution in [0.5, 0.6) is 5.75 Å². The van der Waals surface area contributed by atoms with Gasteiger partial charge in [-0.15, -0.1) is 0 Å². The monoisotopic (exact) mass is 360 g/mol. The van der Waals surface area contributed by atoms with Crippen molar-refractivity contribution < 1.29 is 17.9 Å². The SMILES string of the molecule is COc1cnn(Cc2ccccc2)c(=O)c1-c1ccc(C(F)(F)F)cc1. The predicted molar refractivity (Wildman–Crippen MR) is 91.0 cm³/mol. The molecular weight excluding hydrogens is 345 g/mol. The number of hydrogen-bond acceptors (Lipinski definition) is 3. The van der Waals surface area contributed by atoms with Gasteiger partial charge in [-0.25, -0.2) is 4.68 Å². The molecule has 0 saturated carbocycles. The molecule has 3 rings (SSSR count). The average molecular weight is 360 g/mol. The van der Waals surface area contributed by atoms with Crippen molar-refractivity contribution in [3.05, 3.63) is 82.3 Å². The van der Waals surface area contributed by atoms with E-state index in [0.29, 0.717) is 5.56 Å². The van der Waals surface area contributed by atoms with E-state index in [4.69, 9.17) is 4.74 Å². The molecule has 2 aromatic carbocycles. The molecule has 0 bridgehead atoms. The van der Waals surface area contributed by atoms with Gasteiger partial charge >= 0.3 is 6.18 Å². The first kappa shape index (κ1) is 17.7. The Morgan fingerprint density at radius 2 is 1.69 bits per heavy atom. The van der Waals surface area contributed by atoms with Gasteiger partial charge in [0.2, 0.25) is 0 Å². The second-order valence-corrected chi connectivity index (χ2v) is 5.61. The Labute approximate surface area is 147 Å². The molecule has 0 N–H and O–H groups in total. The van der Waals surface area contributed by atoms with E-state index >= 15 is 0 Å². The maximum atomic E-state index is 12.8. The summed E-state index contributed by atoms with van der Waals surface area (Å²) in [6.07, 6.45) is -3.05. The van der Waals surface area contributed by atoms with Crippen LogP contribution in [0.2, 0.25) is 0 Å². The van der Waals surface area contributed by atoms with Crippen LogP contribution in [0.25, 0.3) is 11.1 Å². The summed E-state index contributed by atoms with van der Waals surface area (Å²) in [4.78, 5) is 12.8. The van der Waals surface area contributed by atoms with Gasteiger partial charge in [-0.1, -0.05) is 42.5 Å². The van der Waals surface area contributed by atoms with E-state index in [9.17, 15) is 18.0 Å². The van der Waals surface area contributed by atoms with Crippen LogP contribution in [0.4, 0.5) is 13.2 Å². The van der Waals surface area contributed by atoms with Crippen LogP contribution in [0, 0.1) is 0 Å². The number of hydrogen-bond donors (Lipinski definition) is 0. The molecule has 7 heteroatoms. The molecule has 0 radical (unpaired) electrons. The fourth-order valence-electron chi connectivity index (χ4n) is 2.59. The van der Waals surface area contributed by atoms with Gasteiger partial charge in [-0.2, -0.15) is 18.3 Å². The minimum absolute atomic E-state index is 0.173. The minimum Gasteiger partial charge on any atom is -0.494 e. The second-order valence-electron chi connectivity index (χ2n) is 5.61. The van der Waals surface area contributed by atoms with Crippen molar-refractivity contribution in [3.63, 3.8) is 0 Å². The Morgan fingerprint density at radius 3 is 2.27 bits per heavy atom. The summed E-state index contributed by atoms with van der Waals surface area (Å²) in [5, 5.41) is 4.09. The van der Waals surface area contributed by atoms with Gasteiger partial charge in [0.25, 0.3) is 5.56 Å². The van der Waals surface area contributed by atoms with Gasteiger partial charge in [0.15, 0.2) is 5.75 Å². The minimum atomic E-state index is -4.44. The molecule has 0 aliphatic carbocycles. The number of rotatable bonds is 4. The maximum absolute atomic E-state index is 12.8. The summed E-state index contributed by atoms with van der Waals surface area (Å²) < 4.78 is 44.7. The Balaban J connectivity index is 2.05. The molecule has 0 fully saturated rings. The van der Waals surface area contributed by atoms with Crippen LogP contribution >= 0.6 is 0 Å². The number of ether oxygens (including phenoxy) is 1. The largest absolute Gasteiger partial charge is 0.494 e. The standard InChI is InChI=1S/C19H15F3N2O2/c1-26-16-11-23-24(12-13-5-3-2-4-6-13)18(25)17(16)14-7-9-15(10-8-14)19(20,21)22/h2-11H,12H2,1H3. The first-order valence-corrected chi connectivity index (χ1v) is 7.76. The molecule has 0 unspecified atom stereocenters. The van der Waals surface area contributed by atoms with Gasteiger partial charge in [-0.05, 0) is 23.3 Å². The third kappa shape index (κ3) is 3.61. The number of halogens is 3. The number of benzene rings is 2. The lowest BCUT2D eigenvalue weighted by Crippen LogP contribution is -2.25. The van der Waals surface area contributed by atoms with Crippen molar-refractivity contribution in [2.75, 3.05) is 7.11 Å². The van der Waals surface area contributed by atoms with Crippen LogP contribution in [0.1, 0.15) is 11.1 Å². The Hall–Kier alpha value is -3.09. The fraction of sp³-hybridized carbons (Fsp3) is 0.158. The van der Waals surface area contributed by atoms with Gasteiger partial charge in [0, 0.05) is 0 Å². The van der Waals surface area contributed by atoms with Crippen LogP contribution in [-0.4, -0.2) is 16.9 Å². The Morgan fingerprint density at radius 1 is 1.04 bits per heavy atom. The first-order valence-electron chi connectivity index (χ1n) is 7.76. The Kier molecular flexibility index (Phi) is 4.79. The van der Waals surface area contributed by atoms with Crippen LogP contribution < -0.4 is 10.3 Å². The molecule has 26 heavy (non-hydrogen) atoms. The second kappa shape index (κ2) is 7.03. The molecule has 0 aliphatic rings. The third-order valence-electron chi connectivity index (χ3n) is 3.91. The molecule has 4 nitrogen and oxygen atoms in total. The van der Waals surface area contributed by atoms with E-state index < -0.39 is 17.3 Å².